The Hall–Kier alpha value is -2.80. The molecule has 26 heavy (non-hydrogen) atoms. The average molecular weight is 378 g/mol. The average Bonchev–Trinajstić information content (AvgIpc) is 2.60. The summed E-state index contributed by atoms with van der Waals surface area (Å²) in [5.41, 5.74) is 2.19. The van der Waals surface area contributed by atoms with Crippen LogP contribution in [0, 0.1) is 5.82 Å². The van der Waals surface area contributed by atoms with Gasteiger partial charge in [-0.3, -0.25) is 4.79 Å². The van der Waals surface area contributed by atoms with E-state index in [1.165, 1.54) is 18.2 Å². The molecule has 1 heterocycles. The van der Waals surface area contributed by atoms with Crippen molar-refractivity contribution in [2.45, 2.75) is 12.5 Å². The molecular formula is C18H17ClFN3O3. The Balaban J connectivity index is 1.93. The van der Waals surface area contributed by atoms with Gasteiger partial charge in [0.25, 0.3) is 5.91 Å². The van der Waals surface area contributed by atoms with Crippen LogP contribution in [0.15, 0.2) is 36.4 Å². The summed E-state index contributed by atoms with van der Waals surface area (Å²) in [6, 6.07) is 8.73. The van der Waals surface area contributed by atoms with Gasteiger partial charge in [-0.05, 0) is 36.2 Å². The first-order valence-electron chi connectivity index (χ1n) is 7.96. The number of benzene rings is 2. The fourth-order valence-corrected chi connectivity index (χ4v) is 3.29. The second-order valence-electron chi connectivity index (χ2n) is 6.04. The molecule has 0 radical (unpaired) electrons. The molecule has 136 valence electrons. The number of hydrogen-bond donors (Lipinski definition) is 3. The molecule has 2 amide bonds. The number of carbonyl (C=O) groups is 2. The maximum Gasteiger partial charge on any atom is 0.405 e. The summed E-state index contributed by atoms with van der Waals surface area (Å²) in [4.78, 5) is 25.7. The summed E-state index contributed by atoms with van der Waals surface area (Å²) in [5.74, 6) is -0.948. The molecule has 1 atom stereocenters. The van der Waals surface area contributed by atoms with Crippen molar-refractivity contribution in [1.82, 2.24) is 5.32 Å². The van der Waals surface area contributed by atoms with Crippen molar-refractivity contribution in [2.24, 2.45) is 0 Å². The first kappa shape index (κ1) is 18.0. The Morgan fingerprint density at radius 1 is 1.31 bits per heavy atom. The zero-order valence-electron chi connectivity index (χ0n) is 13.9. The fourth-order valence-electron chi connectivity index (χ4n) is 3.11. The topological polar surface area (TPSA) is 81.7 Å². The second kappa shape index (κ2) is 7.21. The third-order valence-corrected chi connectivity index (χ3v) is 4.59. The zero-order chi connectivity index (χ0) is 18.8. The minimum absolute atomic E-state index is 0.0827. The van der Waals surface area contributed by atoms with Crippen molar-refractivity contribution >= 4 is 35.0 Å². The number of anilines is 2. The number of rotatable bonds is 3. The molecule has 2 aromatic carbocycles. The minimum atomic E-state index is -1.11. The number of para-hydroxylation sites is 1. The number of nitrogens with zero attached hydrogens (tertiary/aromatic N) is 1. The number of carboxylic acid groups (broad SMARTS) is 1. The van der Waals surface area contributed by atoms with Crippen molar-refractivity contribution in [3.63, 3.8) is 0 Å². The smallest absolute Gasteiger partial charge is 0.405 e. The lowest BCUT2D eigenvalue weighted by atomic mass is 9.93. The first-order valence-corrected chi connectivity index (χ1v) is 8.34. The Morgan fingerprint density at radius 2 is 2.08 bits per heavy atom. The quantitative estimate of drug-likeness (QED) is 0.758. The first-order chi connectivity index (χ1) is 12.4. The molecule has 1 aliphatic rings. The highest BCUT2D eigenvalue weighted by Crippen LogP contribution is 2.36. The number of amides is 2. The maximum absolute atomic E-state index is 13.3. The van der Waals surface area contributed by atoms with Crippen molar-refractivity contribution in [3.8, 4) is 0 Å². The van der Waals surface area contributed by atoms with Crippen LogP contribution in [0.2, 0.25) is 5.02 Å². The Labute approximate surface area is 154 Å². The van der Waals surface area contributed by atoms with Gasteiger partial charge < -0.3 is 20.6 Å². The van der Waals surface area contributed by atoms with E-state index >= 15 is 0 Å². The van der Waals surface area contributed by atoms with Gasteiger partial charge in [-0.15, -0.1) is 0 Å². The van der Waals surface area contributed by atoms with E-state index in [9.17, 15) is 14.0 Å². The van der Waals surface area contributed by atoms with Gasteiger partial charge in [-0.1, -0.05) is 23.7 Å². The number of fused-ring (bicyclic) bond motifs is 1. The van der Waals surface area contributed by atoms with Gasteiger partial charge in [-0.25, -0.2) is 9.18 Å². The van der Waals surface area contributed by atoms with Crippen LogP contribution in [0.4, 0.5) is 20.6 Å². The Kier molecular flexibility index (Phi) is 4.99. The zero-order valence-corrected chi connectivity index (χ0v) is 14.7. The van der Waals surface area contributed by atoms with Crippen LogP contribution < -0.4 is 15.5 Å². The molecule has 0 bridgehead atoms. The van der Waals surface area contributed by atoms with E-state index in [-0.39, 0.29) is 17.0 Å². The van der Waals surface area contributed by atoms with E-state index in [4.69, 9.17) is 16.7 Å². The molecule has 0 fully saturated rings. The lowest BCUT2D eigenvalue weighted by molar-refractivity contribution is 0.102. The lowest BCUT2D eigenvalue weighted by Gasteiger charge is -2.34. The summed E-state index contributed by atoms with van der Waals surface area (Å²) in [6.45, 7) is 0.602. The predicted molar refractivity (Wildman–Crippen MR) is 97.6 cm³/mol. The molecule has 0 aliphatic carbocycles. The number of halogens is 2. The van der Waals surface area contributed by atoms with Gasteiger partial charge in [-0.2, -0.15) is 0 Å². The van der Waals surface area contributed by atoms with Crippen LogP contribution >= 0.6 is 11.6 Å². The molecule has 3 N–H and O–H groups in total. The number of hydrogen-bond acceptors (Lipinski definition) is 3. The van der Waals surface area contributed by atoms with Crippen molar-refractivity contribution in [2.75, 3.05) is 23.8 Å². The Bertz CT molecular complexity index is 875. The highest BCUT2D eigenvalue weighted by Gasteiger charge is 2.28. The van der Waals surface area contributed by atoms with Crippen molar-refractivity contribution in [3.05, 3.63) is 58.4 Å². The van der Waals surface area contributed by atoms with Crippen LogP contribution in [-0.2, 0) is 0 Å². The maximum atomic E-state index is 13.3. The largest absolute Gasteiger partial charge is 0.465 e. The van der Waals surface area contributed by atoms with E-state index in [0.717, 1.165) is 5.56 Å². The number of carbonyl (C=O) groups excluding carboxylic acids is 1. The summed E-state index contributed by atoms with van der Waals surface area (Å²) < 4.78 is 13.3. The van der Waals surface area contributed by atoms with E-state index in [2.05, 4.69) is 10.6 Å². The SMILES string of the molecule is CN1CCC(NC(=O)O)c2cccc(C(=O)Nc3ccc(F)c(Cl)c3)c21. The molecule has 0 saturated heterocycles. The van der Waals surface area contributed by atoms with Crippen LogP contribution in [0.25, 0.3) is 0 Å². The third-order valence-electron chi connectivity index (χ3n) is 4.30. The predicted octanol–water partition coefficient (Wildman–Crippen LogP) is 3.88. The third kappa shape index (κ3) is 3.57. The van der Waals surface area contributed by atoms with Crippen molar-refractivity contribution in [1.29, 1.82) is 0 Å². The lowest BCUT2D eigenvalue weighted by Crippen LogP contribution is -2.37. The minimum Gasteiger partial charge on any atom is -0.465 e. The van der Waals surface area contributed by atoms with E-state index in [1.807, 2.05) is 11.9 Å². The monoisotopic (exact) mass is 377 g/mol. The molecular weight excluding hydrogens is 361 g/mol. The van der Waals surface area contributed by atoms with Gasteiger partial charge >= 0.3 is 6.09 Å². The van der Waals surface area contributed by atoms with E-state index in [0.29, 0.717) is 29.9 Å². The molecule has 8 heteroatoms. The highest BCUT2D eigenvalue weighted by atomic mass is 35.5. The van der Waals surface area contributed by atoms with E-state index in [1.54, 1.807) is 18.2 Å². The second-order valence-corrected chi connectivity index (χ2v) is 6.45. The molecule has 1 unspecified atom stereocenters. The van der Waals surface area contributed by atoms with Gasteiger partial charge in [0.2, 0.25) is 0 Å². The summed E-state index contributed by atoms with van der Waals surface area (Å²) in [6.07, 6.45) is -0.504. The fraction of sp³-hybridized carbons (Fsp3) is 0.222. The highest BCUT2D eigenvalue weighted by molar-refractivity contribution is 6.31. The van der Waals surface area contributed by atoms with Crippen LogP contribution in [0.1, 0.15) is 28.4 Å². The Morgan fingerprint density at radius 3 is 2.77 bits per heavy atom. The van der Waals surface area contributed by atoms with Gasteiger partial charge in [0, 0.05) is 19.3 Å². The number of nitrogens with one attached hydrogen (secondary N) is 2. The van der Waals surface area contributed by atoms with Gasteiger partial charge in [0.15, 0.2) is 0 Å². The molecule has 1 aliphatic heterocycles. The summed E-state index contributed by atoms with van der Waals surface area (Å²) >= 11 is 5.75. The van der Waals surface area contributed by atoms with Crippen LogP contribution in [0.5, 0.6) is 0 Å². The van der Waals surface area contributed by atoms with Gasteiger partial charge in [0.05, 0.1) is 22.3 Å². The van der Waals surface area contributed by atoms with E-state index < -0.39 is 11.9 Å². The standard InChI is InChI=1S/C18H17ClFN3O3/c1-23-8-7-15(22-18(25)26)11-3-2-4-12(16(11)23)17(24)21-10-5-6-14(20)13(19)9-10/h2-6,9,15,22H,7-8H2,1H3,(H,21,24)(H,25,26). The van der Waals surface area contributed by atoms with Crippen LogP contribution in [-0.4, -0.2) is 30.7 Å². The summed E-state index contributed by atoms with van der Waals surface area (Å²) in [7, 11) is 1.85. The molecule has 0 saturated carbocycles. The summed E-state index contributed by atoms with van der Waals surface area (Å²) in [5, 5.41) is 14.1. The van der Waals surface area contributed by atoms with Crippen molar-refractivity contribution < 1.29 is 19.1 Å². The molecule has 0 spiro atoms. The van der Waals surface area contributed by atoms with Crippen LogP contribution in [0.3, 0.4) is 0 Å². The molecule has 3 rings (SSSR count). The molecule has 0 aromatic heterocycles. The van der Waals surface area contributed by atoms with Gasteiger partial charge in [0.1, 0.15) is 5.82 Å². The normalized spacial score (nSPS) is 16.0. The molecule has 2 aromatic rings. The molecule has 6 nitrogen and oxygen atoms in total.